The van der Waals surface area contributed by atoms with Crippen LogP contribution in [0.2, 0.25) is 0 Å². The number of aromatic nitrogens is 2. The first-order chi connectivity index (χ1) is 7.63. The molecule has 0 saturated carbocycles. The van der Waals surface area contributed by atoms with Crippen LogP contribution in [0.4, 0.5) is 0 Å². The quantitative estimate of drug-likeness (QED) is 0.721. The monoisotopic (exact) mass is 218 g/mol. The zero-order chi connectivity index (χ0) is 11.7. The number of nitrogens with zero attached hydrogens (tertiary/aromatic N) is 4. The Kier molecular flexibility index (Phi) is 2.97. The van der Waals surface area contributed by atoms with Gasteiger partial charge in [-0.15, -0.1) is 0 Å². The van der Waals surface area contributed by atoms with Gasteiger partial charge in [-0.1, -0.05) is 0 Å². The van der Waals surface area contributed by atoms with Crippen LogP contribution in [0.15, 0.2) is 6.20 Å². The summed E-state index contributed by atoms with van der Waals surface area (Å²) in [6.07, 6.45) is 2.78. The molecule has 1 aromatic heterocycles. The summed E-state index contributed by atoms with van der Waals surface area (Å²) in [5, 5.41) is 13.3. The first-order valence-electron chi connectivity index (χ1n) is 5.84. The van der Waals surface area contributed by atoms with Gasteiger partial charge in [0.05, 0.1) is 17.5 Å². The zero-order valence-corrected chi connectivity index (χ0v) is 10.1. The molecule has 1 aliphatic rings. The Balaban J connectivity index is 2.34. The SMILES string of the molecule is CC(C)N1Cc2c(C#N)cnn2CCC1C. The fraction of sp³-hybridized carbons (Fsp3) is 0.667. The van der Waals surface area contributed by atoms with E-state index in [2.05, 4.69) is 36.8 Å². The van der Waals surface area contributed by atoms with E-state index < -0.39 is 0 Å². The second-order valence-corrected chi connectivity index (χ2v) is 4.74. The molecule has 0 saturated heterocycles. The Morgan fingerprint density at radius 1 is 1.56 bits per heavy atom. The highest BCUT2D eigenvalue weighted by Crippen LogP contribution is 2.21. The molecule has 0 radical (unpaired) electrons. The van der Waals surface area contributed by atoms with Crippen LogP contribution in [0.25, 0.3) is 0 Å². The van der Waals surface area contributed by atoms with Crippen LogP contribution in [0.1, 0.15) is 38.4 Å². The van der Waals surface area contributed by atoms with Crippen LogP contribution in [0, 0.1) is 11.3 Å². The maximum Gasteiger partial charge on any atom is 0.103 e. The molecule has 0 aromatic carbocycles. The molecule has 4 nitrogen and oxygen atoms in total. The van der Waals surface area contributed by atoms with E-state index in [1.807, 2.05) is 4.68 Å². The summed E-state index contributed by atoms with van der Waals surface area (Å²) < 4.78 is 1.98. The topological polar surface area (TPSA) is 44.9 Å². The lowest BCUT2D eigenvalue weighted by atomic mass is 10.1. The molecule has 2 heterocycles. The Morgan fingerprint density at radius 3 is 2.94 bits per heavy atom. The summed E-state index contributed by atoms with van der Waals surface area (Å²) in [5.74, 6) is 0. The molecule has 1 atom stereocenters. The summed E-state index contributed by atoms with van der Waals surface area (Å²) in [7, 11) is 0. The fourth-order valence-corrected chi connectivity index (χ4v) is 2.36. The van der Waals surface area contributed by atoms with Gasteiger partial charge in [-0.05, 0) is 27.2 Å². The third-order valence-electron chi connectivity index (χ3n) is 3.39. The molecule has 1 unspecified atom stereocenters. The zero-order valence-electron chi connectivity index (χ0n) is 10.1. The molecule has 0 fully saturated rings. The summed E-state index contributed by atoms with van der Waals surface area (Å²) in [6.45, 7) is 8.41. The van der Waals surface area contributed by atoms with Gasteiger partial charge in [0.25, 0.3) is 0 Å². The minimum Gasteiger partial charge on any atom is -0.292 e. The number of hydrogen-bond acceptors (Lipinski definition) is 3. The van der Waals surface area contributed by atoms with Gasteiger partial charge in [0, 0.05) is 25.2 Å². The molecular formula is C12H18N4. The predicted octanol–water partition coefficient (Wildman–Crippen LogP) is 1.76. The van der Waals surface area contributed by atoms with Crippen LogP contribution >= 0.6 is 0 Å². The van der Waals surface area contributed by atoms with Crippen LogP contribution in [-0.2, 0) is 13.1 Å². The van der Waals surface area contributed by atoms with Crippen molar-refractivity contribution in [1.29, 1.82) is 5.26 Å². The summed E-state index contributed by atoms with van der Waals surface area (Å²) in [5.41, 5.74) is 1.79. The largest absolute Gasteiger partial charge is 0.292 e. The van der Waals surface area contributed by atoms with Crippen LogP contribution in [-0.4, -0.2) is 26.8 Å². The van der Waals surface area contributed by atoms with Crippen LogP contribution in [0.3, 0.4) is 0 Å². The van der Waals surface area contributed by atoms with E-state index in [1.54, 1.807) is 6.20 Å². The lowest BCUT2D eigenvalue weighted by Crippen LogP contribution is -2.37. The average Bonchev–Trinajstić information content (AvgIpc) is 2.56. The van der Waals surface area contributed by atoms with E-state index in [-0.39, 0.29) is 0 Å². The van der Waals surface area contributed by atoms with E-state index in [0.717, 1.165) is 30.8 Å². The van der Waals surface area contributed by atoms with Crippen molar-refractivity contribution < 1.29 is 0 Å². The van der Waals surface area contributed by atoms with Crippen LogP contribution in [0.5, 0.6) is 0 Å². The second-order valence-electron chi connectivity index (χ2n) is 4.74. The number of fused-ring (bicyclic) bond motifs is 1. The second kappa shape index (κ2) is 4.26. The Hall–Kier alpha value is -1.34. The first-order valence-corrected chi connectivity index (χ1v) is 5.84. The third kappa shape index (κ3) is 1.83. The lowest BCUT2D eigenvalue weighted by Gasteiger charge is -2.30. The van der Waals surface area contributed by atoms with E-state index in [0.29, 0.717) is 12.1 Å². The highest BCUT2D eigenvalue weighted by molar-refractivity contribution is 5.31. The normalized spacial score (nSPS) is 21.6. The van der Waals surface area contributed by atoms with Gasteiger partial charge in [0.15, 0.2) is 0 Å². The van der Waals surface area contributed by atoms with Crippen molar-refractivity contribution in [2.24, 2.45) is 0 Å². The molecule has 0 spiro atoms. The molecule has 0 amide bonds. The highest BCUT2D eigenvalue weighted by Gasteiger charge is 2.24. The van der Waals surface area contributed by atoms with Gasteiger partial charge in [-0.2, -0.15) is 10.4 Å². The van der Waals surface area contributed by atoms with Gasteiger partial charge in [0.2, 0.25) is 0 Å². The van der Waals surface area contributed by atoms with E-state index in [9.17, 15) is 0 Å². The van der Waals surface area contributed by atoms with E-state index in [4.69, 9.17) is 5.26 Å². The Labute approximate surface area is 96.5 Å². The fourth-order valence-electron chi connectivity index (χ4n) is 2.36. The van der Waals surface area contributed by atoms with Gasteiger partial charge in [0.1, 0.15) is 6.07 Å². The first kappa shape index (κ1) is 11.2. The summed E-state index contributed by atoms with van der Waals surface area (Å²) >= 11 is 0. The maximum absolute atomic E-state index is 9.04. The van der Waals surface area contributed by atoms with Crippen LogP contribution < -0.4 is 0 Å². The number of hydrogen-bond donors (Lipinski definition) is 0. The van der Waals surface area contributed by atoms with Crippen molar-refractivity contribution in [2.75, 3.05) is 0 Å². The third-order valence-corrected chi connectivity index (χ3v) is 3.39. The minimum absolute atomic E-state index is 0.503. The number of rotatable bonds is 1. The van der Waals surface area contributed by atoms with Gasteiger partial charge >= 0.3 is 0 Å². The molecule has 86 valence electrons. The molecule has 16 heavy (non-hydrogen) atoms. The molecule has 0 aliphatic carbocycles. The molecule has 1 aromatic rings. The molecule has 1 aliphatic heterocycles. The number of aryl methyl sites for hydroxylation is 1. The molecule has 2 rings (SSSR count). The highest BCUT2D eigenvalue weighted by atomic mass is 15.3. The van der Waals surface area contributed by atoms with Crippen molar-refractivity contribution >= 4 is 0 Å². The van der Waals surface area contributed by atoms with E-state index >= 15 is 0 Å². The van der Waals surface area contributed by atoms with E-state index in [1.165, 1.54) is 0 Å². The smallest absolute Gasteiger partial charge is 0.103 e. The Bertz CT molecular complexity index is 413. The van der Waals surface area contributed by atoms with Crippen molar-refractivity contribution in [2.45, 2.75) is 52.4 Å². The molecule has 0 N–H and O–H groups in total. The van der Waals surface area contributed by atoms with Crippen molar-refractivity contribution in [3.05, 3.63) is 17.5 Å². The van der Waals surface area contributed by atoms with Crippen molar-refractivity contribution in [3.8, 4) is 6.07 Å². The van der Waals surface area contributed by atoms with Gasteiger partial charge < -0.3 is 0 Å². The lowest BCUT2D eigenvalue weighted by molar-refractivity contribution is 0.153. The standard InChI is InChI=1S/C12H18N4/c1-9(2)15-8-12-11(6-13)7-14-16(12)5-4-10(15)3/h7,9-10H,4-5,8H2,1-3H3. The minimum atomic E-state index is 0.503. The Morgan fingerprint density at radius 2 is 2.31 bits per heavy atom. The van der Waals surface area contributed by atoms with Gasteiger partial charge in [-0.3, -0.25) is 9.58 Å². The molecule has 0 bridgehead atoms. The average molecular weight is 218 g/mol. The molecule has 4 heteroatoms. The number of nitriles is 1. The summed E-state index contributed by atoms with van der Waals surface area (Å²) in [6, 6.07) is 3.28. The molecular weight excluding hydrogens is 200 g/mol. The maximum atomic E-state index is 9.04. The van der Waals surface area contributed by atoms with Gasteiger partial charge in [-0.25, -0.2) is 0 Å². The predicted molar refractivity (Wildman–Crippen MR) is 61.7 cm³/mol. The van der Waals surface area contributed by atoms with Crippen molar-refractivity contribution in [1.82, 2.24) is 14.7 Å². The summed E-state index contributed by atoms with van der Waals surface area (Å²) in [4.78, 5) is 2.43. The van der Waals surface area contributed by atoms with Crippen molar-refractivity contribution in [3.63, 3.8) is 0 Å².